The van der Waals surface area contributed by atoms with Gasteiger partial charge in [-0.1, -0.05) is 0 Å². The van der Waals surface area contributed by atoms with Crippen LogP contribution in [0.25, 0.3) is 0 Å². The molecule has 0 radical (unpaired) electrons. The van der Waals surface area contributed by atoms with E-state index in [1.165, 1.54) is 6.92 Å². The minimum atomic E-state index is -6.15. The number of carbonyl (C=O) groups is 1. The van der Waals surface area contributed by atoms with Crippen LogP contribution in [0.5, 0.6) is 5.75 Å². The molecule has 0 heterocycles. The SMILES string of the molecule is CCOC(=O)Cc1cc(OS(=O)(=O)C(F)(F)F)cc(C(F)(F)F)c1. The summed E-state index contributed by atoms with van der Waals surface area (Å²) in [5.41, 5.74) is -7.71. The van der Waals surface area contributed by atoms with E-state index in [4.69, 9.17) is 0 Å². The van der Waals surface area contributed by atoms with Crippen LogP contribution in [-0.2, 0) is 32.2 Å². The quantitative estimate of drug-likeness (QED) is 0.340. The Balaban J connectivity index is 3.27. The van der Waals surface area contributed by atoms with Crippen molar-refractivity contribution < 1.29 is 48.5 Å². The molecular weight excluding hydrogens is 370 g/mol. The molecule has 12 heteroatoms. The fourth-order valence-corrected chi connectivity index (χ4v) is 1.97. The summed E-state index contributed by atoms with van der Waals surface area (Å²) in [4.78, 5) is 11.3. The highest BCUT2D eigenvalue weighted by molar-refractivity contribution is 7.88. The first kappa shape index (κ1) is 20.1. The molecule has 0 N–H and O–H groups in total. The zero-order chi connectivity index (χ0) is 18.8. The van der Waals surface area contributed by atoms with E-state index in [1.54, 1.807) is 0 Å². The van der Waals surface area contributed by atoms with Crippen molar-refractivity contribution in [1.29, 1.82) is 0 Å². The molecule has 0 amide bonds. The third-order valence-corrected chi connectivity index (χ3v) is 3.42. The van der Waals surface area contributed by atoms with E-state index in [0.717, 1.165) is 0 Å². The fourth-order valence-electron chi connectivity index (χ4n) is 1.53. The molecule has 0 aliphatic carbocycles. The number of ether oxygens (including phenoxy) is 1. The third-order valence-electron chi connectivity index (χ3n) is 2.44. The molecule has 1 aromatic rings. The van der Waals surface area contributed by atoms with Gasteiger partial charge in [0.15, 0.2) is 0 Å². The Labute approximate surface area is 132 Å². The van der Waals surface area contributed by atoms with Crippen molar-refractivity contribution in [1.82, 2.24) is 0 Å². The van der Waals surface area contributed by atoms with Gasteiger partial charge in [-0.2, -0.15) is 34.8 Å². The van der Waals surface area contributed by atoms with Crippen LogP contribution in [0.15, 0.2) is 18.2 Å². The van der Waals surface area contributed by atoms with E-state index < -0.39 is 51.1 Å². The van der Waals surface area contributed by atoms with Crippen LogP contribution in [0.4, 0.5) is 26.3 Å². The number of halogens is 6. The Hall–Kier alpha value is -1.98. The maximum Gasteiger partial charge on any atom is 0.534 e. The van der Waals surface area contributed by atoms with Crippen molar-refractivity contribution in [2.45, 2.75) is 25.0 Å². The predicted molar refractivity (Wildman–Crippen MR) is 67.4 cm³/mol. The van der Waals surface area contributed by atoms with Crippen molar-refractivity contribution in [3.63, 3.8) is 0 Å². The number of hydrogen-bond acceptors (Lipinski definition) is 5. The Morgan fingerprint density at radius 1 is 1.08 bits per heavy atom. The summed E-state index contributed by atoms with van der Waals surface area (Å²) in [6, 6.07) is 1.14. The molecule has 0 saturated carbocycles. The largest absolute Gasteiger partial charge is 0.534 e. The Morgan fingerprint density at radius 2 is 1.67 bits per heavy atom. The van der Waals surface area contributed by atoms with Gasteiger partial charge in [0.2, 0.25) is 0 Å². The van der Waals surface area contributed by atoms with Crippen LogP contribution >= 0.6 is 0 Å². The van der Waals surface area contributed by atoms with Gasteiger partial charge in [0.1, 0.15) is 5.75 Å². The molecular formula is C12H10F6O5S. The molecule has 136 valence electrons. The van der Waals surface area contributed by atoms with Gasteiger partial charge in [-0.15, -0.1) is 0 Å². The molecule has 0 aliphatic heterocycles. The average molecular weight is 380 g/mol. The first-order valence-corrected chi connectivity index (χ1v) is 7.54. The monoisotopic (exact) mass is 380 g/mol. The zero-order valence-electron chi connectivity index (χ0n) is 11.9. The number of esters is 1. The lowest BCUT2D eigenvalue weighted by Gasteiger charge is -2.14. The van der Waals surface area contributed by atoms with Gasteiger partial charge in [0, 0.05) is 0 Å². The highest BCUT2D eigenvalue weighted by Gasteiger charge is 2.48. The van der Waals surface area contributed by atoms with Crippen molar-refractivity contribution in [3.8, 4) is 5.75 Å². The highest BCUT2D eigenvalue weighted by Crippen LogP contribution is 2.34. The van der Waals surface area contributed by atoms with Crippen LogP contribution in [-0.4, -0.2) is 26.5 Å². The van der Waals surface area contributed by atoms with E-state index in [9.17, 15) is 39.6 Å². The van der Waals surface area contributed by atoms with Crippen LogP contribution in [0.3, 0.4) is 0 Å². The Bertz CT molecular complexity index is 708. The second-order valence-corrected chi connectivity index (χ2v) is 5.87. The second-order valence-electron chi connectivity index (χ2n) is 4.33. The van der Waals surface area contributed by atoms with Crippen molar-refractivity contribution in [3.05, 3.63) is 29.3 Å². The van der Waals surface area contributed by atoms with Gasteiger partial charge < -0.3 is 8.92 Å². The normalized spacial score (nSPS) is 12.8. The van der Waals surface area contributed by atoms with Crippen LogP contribution in [0.1, 0.15) is 18.1 Å². The summed E-state index contributed by atoms with van der Waals surface area (Å²) in [6.07, 6.45) is -5.70. The average Bonchev–Trinajstić information content (AvgIpc) is 2.35. The molecule has 0 fully saturated rings. The van der Waals surface area contributed by atoms with Crippen molar-refractivity contribution in [2.24, 2.45) is 0 Å². The molecule has 0 unspecified atom stereocenters. The van der Waals surface area contributed by atoms with E-state index in [2.05, 4.69) is 8.92 Å². The molecule has 0 aromatic heterocycles. The molecule has 1 aromatic carbocycles. The number of rotatable bonds is 5. The first-order valence-electron chi connectivity index (χ1n) is 6.14. The summed E-state index contributed by atoms with van der Waals surface area (Å²) in [5, 5.41) is 0. The minimum absolute atomic E-state index is 0.0659. The van der Waals surface area contributed by atoms with Crippen LogP contribution in [0.2, 0.25) is 0 Å². The van der Waals surface area contributed by atoms with E-state index in [-0.39, 0.29) is 12.7 Å². The molecule has 5 nitrogen and oxygen atoms in total. The number of hydrogen-bond donors (Lipinski definition) is 0. The van der Waals surface area contributed by atoms with Crippen molar-refractivity contribution in [2.75, 3.05) is 6.61 Å². The topological polar surface area (TPSA) is 69.7 Å². The van der Waals surface area contributed by atoms with Gasteiger partial charge >= 0.3 is 27.8 Å². The predicted octanol–water partition coefficient (Wildman–Crippen LogP) is 3.04. The smallest absolute Gasteiger partial charge is 0.466 e. The van der Waals surface area contributed by atoms with E-state index >= 15 is 0 Å². The number of benzene rings is 1. The van der Waals surface area contributed by atoms with Gasteiger partial charge in [-0.25, -0.2) is 0 Å². The summed E-state index contributed by atoms with van der Waals surface area (Å²) in [6.45, 7) is 1.37. The van der Waals surface area contributed by atoms with E-state index in [1.807, 2.05) is 0 Å². The summed E-state index contributed by atoms with van der Waals surface area (Å²) in [5.74, 6) is -2.16. The lowest BCUT2D eigenvalue weighted by molar-refractivity contribution is -0.142. The maximum absolute atomic E-state index is 12.8. The molecule has 0 bridgehead atoms. The summed E-state index contributed by atoms with van der Waals surface area (Å²) < 4.78 is 105. The number of carbonyl (C=O) groups excluding carboxylic acids is 1. The molecule has 1 rings (SSSR count). The minimum Gasteiger partial charge on any atom is -0.466 e. The standard InChI is InChI=1S/C12H10F6O5S/c1-2-22-10(19)5-7-3-8(11(13,14)15)6-9(4-7)23-24(20,21)12(16,17)18/h3-4,6H,2,5H2,1H3. The Morgan fingerprint density at radius 3 is 2.12 bits per heavy atom. The zero-order valence-corrected chi connectivity index (χ0v) is 12.7. The van der Waals surface area contributed by atoms with E-state index in [0.29, 0.717) is 12.1 Å². The third kappa shape index (κ3) is 5.28. The maximum atomic E-state index is 12.8. The molecule has 24 heavy (non-hydrogen) atoms. The first-order chi connectivity index (χ1) is 10.8. The lowest BCUT2D eigenvalue weighted by Crippen LogP contribution is -2.28. The fraction of sp³-hybridized carbons (Fsp3) is 0.417. The van der Waals surface area contributed by atoms with Crippen LogP contribution in [0, 0.1) is 0 Å². The lowest BCUT2D eigenvalue weighted by atomic mass is 10.1. The van der Waals surface area contributed by atoms with Gasteiger partial charge in [-0.05, 0) is 30.7 Å². The summed E-state index contributed by atoms with van der Waals surface area (Å²) in [7, 11) is -6.15. The molecule has 0 saturated heterocycles. The molecule has 0 atom stereocenters. The van der Waals surface area contributed by atoms with Gasteiger partial charge in [0.25, 0.3) is 0 Å². The summed E-state index contributed by atoms with van der Waals surface area (Å²) >= 11 is 0. The highest BCUT2D eigenvalue weighted by atomic mass is 32.2. The second kappa shape index (κ2) is 6.87. The molecule has 0 spiro atoms. The van der Waals surface area contributed by atoms with Crippen LogP contribution < -0.4 is 4.18 Å². The van der Waals surface area contributed by atoms with Gasteiger partial charge in [-0.3, -0.25) is 4.79 Å². The Kier molecular flexibility index (Phi) is 5.74. The molecule has 0 aliphatic rings. The number of alkyl halides is 6. The van der Waals surface area contributed by atoms with Gasteiger partial charge in [0.05, 0.1) is 18.6 Å². The van der Waals surface area contributed by atoms with Crippen molar-refractivity contribution >= 4 is 16.1 Å².